The van der Waals surface area contributed by atoms with Crippen LogP contribution >= 0.6 is 0 Å². The van der Waals surface area contributed by atoms with Gasteiger partial charge in [0.25, 0.3) is 0 Å². The van der Waals surface area contributed by atoms with Crippen LogP contribution in [0.1, 0.15) is 12.8 Å². The molecule has 4 heterocycles. The highest BCUT2D eigenvalue weighted by Gasteiger charge is 2.25. The van der Waals surface area contributed by atoms with Crippen molar-refractivity contribution in [2.45, 2.75) is 18.9 Å². The van der Waals surface area contributed by atoms with Crippen LogP contribution in [0, 0.1) is 5.82 Å². The van der Waals surface area contributed by atoms with Crippen LogP contribution in [0.5, 0.6) is 0 Å². The van der Waals surface area contributed by atoms with Gasteiger partial charge in [-0.3, -0.25) is 19.6 Å². The number of benzene rings is 1. The molecule has 35 heavy (non-hydrogen) atoms. The molecule has 10 nitrogen and oxygen atoms in total. The number of anilines is 1. The predicted octanol–water partition coefficient (Wildman–Crippen LogP) is 0.382. The van der Waals surface area contributed by atoms with Crippen LogP contribution in [0.4, 0.5) is 10.3 Å². The first kappa shape index (κ1) is 23.6. The number of carbonyl (C=O) groups excluding carboxylic acids is 1. The highest BCUT2D eigenvalue weighted by atomic mass is 19.1. The van der Waals surface area contributed by atoms with E-state index in [4.69, 9.17) is 0 Å². The number of aromatic nitrogens is 3. The molecule has 11 heteroatoms. The summed E-state index contributed by atoms with van der Waals surface area (Å²) in [5.74, 6) is 1.46. The normalized spacial score (nSPS) is 19.9. The number of hydrogen-bond acceptors (Lipinski definition) is 9. The SMILES string of the molecule is O=C(CN1CCN(c2nncc(-c3ccc(F)cc3)n2)CC1)NC1CCN(CC2=NCCN2)CC1. The van der Waals surface area contributed by atoms with Crippen molar-refractivity contribution < 1.29 is 9.18 Å². The molecule has 3 aliphatic heterocycles. The zero-order chi connectivity index (χ0) is 24.0. The van der Waals surface area contributed by atoms with E-state index < -0.39 is 0 Å². The van der Waals surface area contributed by atoms with Gasteiger partial charge in [-0.15, -0.1) is 5.10 Å². The van der Waals surface area contributed by atoms with E-state index in [1.54, 1.807) is 18.3 Å². The lowest BCUT2D eigenvalue weighted by atomic mass is 10.0. The molecular weight excluding hydrogens is 449 g/mol. The van der Waals surface area contributed by atoms with Crippen LogP contribution in [-0.2, 0) is 4.79 Å². The second-order valence-corrected chi connectivity index (χ2v) is 9.28. The third-order valence-corrected chi connectivity index (χ3v) is 6.78. The Balaban J connectivity index is 1.05. The Labute approximate surface area is 204 Å². The maximum absolute atomic E-state index is 13.2. The fraction of sp³-hybridized carbons (Fsp3) is 0.542. The van der Waals surface area contributed by atoms with Crippen LogP contribution in [0.3, 0.4) is 0 Å². The summed E-state index contributed by atoms with van der Waals surface area (Å²) in [6.45, 7) is 8.03. The van der Waals surface area contributed by atoms with Crippen molar-refractivity contribution >= 4 is 17.7 Å². The summed E-state index contributed by atoms with van der Waals surface area (Å²) in [4.78, 5) is 28.4. The topological polar surface area (TPSA) is 102 Å². The molecule has 0 bridgehead atoms. The molecule has 2 N–H and O–H groups in total. The lowest BCUT2D eigenvalue weighted by Gasteiger charge is -2.35. The minimum absolute atomic E-state index is 0.0926. The monoisotopic (exact) mass is 481 g/mol. The summed E-state index contributed by atoms with van der Waals surface area (Å²) < 4.78 is 13.2. The summed E-state index contributed by atoms with van der Waals surface area (Å²) in [5, 5.41) is 14.8. The Hall–Kier alpha value is -3.18. The molecule has 1 amide bonds. The molecule has 0 aliphatic carbocycles. The molecule has 1 aromatic heterocycles. The number of nitrogens with zero attached hydrogens (tertiary/aromatic N) is 7. The smallest absolute Gasteiger partial charge is 0.245 e. The molecule has 0 atom stereocenters. The van der Waals surface area contributed by atoms with E-state index >= 15 is 0 Å². The van der Waals surface area contributed by atoms with Gasteiger partial charge < -0.3 is 15.5 Å². The minimum atomic E-state index is -0.283. The number of amides is 1. The number of aliphatic imine (C=N–C) groups is 1. The van der Waals surface area contributed by atoms with Gasteiger partial charge >= 0.3 is 0 Å². The molecule has 0 unspecified atom stereocenters. The first-order valence-electron chi connectivity index (χ1n) is 12.3. The summed E-state index contributed by atoms with van der Waals surface area (Å²) >= 11 is 0. The third kappa shape index (κ3) is 6.29. The van der Waals surface area contributed by atoms with Gasteiger partial charge in [-0.05, 0) is 37.1 Å². The Morgan fingerprint density at radius 3 is 2.54 bits per heavy atom. The number of amidine groups is 1. The zero-order valence-corrected chi connectivity index (χ0v) is 19.9. The van der Waals surface area contributed by atoms with Gasteiger partial charge in [0.1, 0.15) is 11.7 Å². The van der Waals surface area contributed by atoms with Gasteiger partial charge in [0, 0.05) is 57.4 Å². The molecule has 2 aromatic rings. The van der Waals surface area contributed by atoms with Gasteiger partial charge in [0.2, 0.25) is 11.9 Å². The van der Waals surface area contributed by atoms with Crippen molar-refractivity contribution in [3.63, 3.8) is 0 Å². The number of halogens is 1. The van der Waals surface area contributed by atoms with E-state index in [2.05, 4.69) is 45.5 Å². The number of carbonyl (C=O) groups is 1. The van der Waals surface area contributed by atoms with Crippen molar-refractivity contribution in [2.24, 2.45) is 4.99 Å². The molecular formula is C24H32FN9O. The zero-order valence-electron chi connectivity index (χ0n) is 19.9. The van der Waals surface area contributed by atoms with Gasteiger partial charge in [0.15, 0.2) is 0 Å². The van der Waals surface area contributed by atoms with Crippen LogP contribution in [0.2, 0.25) is 0 Å². The average Bonchev–Trinajstić information content (AvgIpc) is 3.39. The predicted molar refractivity (Wildman–Crippen MR) is 132 cm³/mol. The number of rotatable bonds is 7. The van der Waals surface area contributed by atoms with Gasteiger partial charge in [-0.1, -0.05) is 0 Å². The van der Waals surface area contributed by atoms with Crippen molar-refractivity contribution in [2.75, 3.05) is 70.3 Å². The third-order valence-electron chi connectivity index (χ3n) is 6.78. The van der Waals surface area contributed by atoms with Gasteiger partial charge in [-0.2, -0.15) is 5.10 Å². The first-order chi connectivity index (χ1) is 17.1. The molecule has 0 radical (unpaired) electrons. The van der Waals surface area contributed by atoms with Crippen LogP contribution in [0.25, 0.3) is 11.3 Å². The molecule has 2 fully saturated rings. The molecule has 5 rings (SSSR count). The van der Waals surface area contributed by atoms with Crippen molar-refractivity contribution in [3.8, 4) is 11.3 Å². The summed E-state index contributed by atoms with van der Waals surface area (Å²) in [6, 6.07) is 6.43. The maximum Gasteiger partial charge on any atom is 0.245 e. The van der Waals surface area contributed by atoms with E-state index in [0.717, 1.165) is 83.1 Å². The number of piperidine rings is 1. The van der Waals surface area contributed by atoms with E-state index in [1.165, 1.54) is 12.1 Å². The Kier molecular flexibility index (Phi) is 7.43. The average molecular weight is 482 g/mol. The molecule has 0 saturated carbocycles. The standard InChI is InChI=1S/C24H32FN9O/c25-19-3-1-18(2-4-19)21-15-28-31-24(30-21)34-13-11-33(12-14-34)17-23(35)29-20-5-9-32(10-6-20)16-22-26-7-8-27-22/h1-4,15,20H,5-14,16-17H2,(H,26,27)(H,29,35). The summed E-state index contributed by atoms with van der Waals surface area (Å²) in [6.07, 6.45) is 3.53. The van der Waals surface area contributed by atoms with Gasteiger partial charge in [0.05, 0.1) is 31.5 Å². The lowest BCUT2D eigenvalue weighted by molar-refractivity contribution is -0.123. The molecule has 186 valence electrons. The maximum atomic E-state index is 13.2. The number of likely N-dealkylation sites (tertiary alicyclic amines) is 1. The second kappa shape index (κ2) is 11.0. The van der Waals surface area contributed by atoms with E-state index in [9.17, 15) is 9.18 Å². The quantitative estimate of drug-likeness (QED) is 0.586. The van der Waals surface area contributed by atoms with Crippen LogP contribution in [-0.4, -0.2) is 108 Å². The largest absolute Gasteiger partial charge is 0.371 e. The van der Waals surface area contributed by atoms with Crippen molar-refractivity contribution in [3.05, 3.63) is 36.3 Å². The number of hydrogen-bond donors (Lipinski definition) is 2. The first-order valence-corrected chi connectivity index (χ1v) is 12.3. The lowest BCUT2D eigenvalue weighted by Crippen LogP contribution is -2.52. The van der Waals surface area contributed by atoms with Crippen LogP contribution in [0.15, 0.2) is 35.5 Å². The molecule has 0 spiro atoms. The summed E-state index contributed by atoms with van der Waals surface area (Å²) in [5.41, 5.74) is 1.46. The molecule has 2 saturated heterocycles. The van der Waals surface area contributed by atoms with E-state index in [0.29, 0.717) is 18.2 Å². The number of piperazine rings is 1. The fourth-order valence-electron chi connectivity index (χ4n) is 4.77. The Bertz CT molecular complexity index is 1030. The van der Waals surface area contributed by atoms with Gasteiger partial charge in [-0.25, -0.2) is 9.37 Å². The van der Waals surface area contributed by atoms with Crippen LogP contribution < -0.4 is 15.5 Å². The fourth-order valence-corrected chi connectivity index (χ4v) is 4.77. The summed E-state index contributed by atoms with van der Waals surface area (Å²) in [7, 11) is 0. The van der Waals surface area contributed by atoms with E-state index in [-0.39, 0.29) is 17.8 Å². The highest BCUT2D eigenvalue weighted by molar-refractivity contribution is 5.85. The molecule has 1 aromatic carbocycles. The Morgan fingerprint density at radius 1 is 1.06 bits per heavy atom. The van der Waals surface area contributed by atoms with E-state index in [1.807, 2.05) is 0 Å². The Morgan fingerprint density at radius 2 is 1.83 bits per heavy atom. The van der Waals surface area contributed by atoms with Crippen molar-refractivity contribution in [1.29, 1.82) is 0 Å². The highest BCUT2D eigenvalue weighted by Crippen LogP contribution is 2.19. The number of nitrogens with one attached hydrogen (secondary N) is 2. The second-order valence-electron chi connectivity index (χ2n) is 9.28. The minimum Gasteiger partial charge on any atom is -0.371 e. The molecule has 3 aliphatic rings. The van der Waals surface area contributed by atoms with Crippen molar-refractivity contribution in [1.82, 2.24) is 35.6 Å².